The van der Waals surface area contributed by atoms with E-state index in [4.69, 9.17) is 4.74 Å². The second kappa shape index (κ2) is 9.45. The smallest absolute Gasteiger partial charge is 0.332 e. The van der Waals surface area contributed by atoms with Gasteiger partial charge in [-0.1, -0.05) is 48.2 Å². The van der Waals surface area contributed by atoms with Gasteiger partial charge in [0.05, 0.1) is 29.3 Å². The summed E-state index contributed by atoms with van der Waals surface area (Å²) >= 11 is 0.975. The Kier molecular flexibility index (Phi) is 6.45. The summed E-state index contributed by atoms with van der Waals surface area (Å²) in [7, 11) is 0. The third-order valence-electron chi connectivity index (χ3n) is 5.28. The van der Waals surface area contributed by atoms with Crippen LogP contribution in [-0.2, 0) is 33.8 Å². The normalized spacial score (nSPS) is 15.6. The van der Waals surface area contributed by atoms with Gasteiger partial charge in [-0.25, -0.2) is 9.36 Å². The molecule has 3 aromatic rings. The van der Waals surface area contributed by atoms with Crippen molar-refractivity contribution in [3.8, 4) is 0 Å². The predicted molar refractivity (Wildman–Crippen MR) is 123 cm³/mol. The number of amides is 2. The molecule has 0 saturated carbocycles. The Morgan fingerprint density at radius 3 is 2.36 bits per heavy atom. The Bertz CT molecular complexity index is 1360. The van der Waals surface area contributed by atoms with Crippen LogP contribution in [0.15, 0.2) is 58.1 Å². The van der Waals surface area contributed by atoms with Crippen LogP contribution in [0, 0.1) is 0 Å². The third kappa shape index (κ3) is 4.75. The van der Waals surface area contributed by atoms with Crippen molar-refractivity contribution in [2.45, 2.75) is 31.7 Å². The summed E-state index contributed by atoms with van der Waals surface area (Å²) < 4.78 is 7.25. The van der Waals surface area contributed by atoms with E-state index in [9.17, 15) is 24.0 Å². The van der Waals surface area contributed by atoms with Crippen molar-refractivity contribution in [2.24, 2.45) is 0 Å². The maximum Gasteiger partial charge on any atom is 0.332 e. The summed E-state index contributed by atoms with van der Waals surface area (Å²) in [4.78, 5) is 61.1. The van der Waals surface area contributed by atoms with E-state index in [2.05, 4.69) is 5.32 Å². The van der Waals surface area contributed by atoms with Gasteiger partial charge in [-0.05, 0) is 36.6 Å². The zero-order chi connectivity index (χ0) is 23.5. The summed E-state index contributed by atoms with van der Waals surface area (Å²) in [5, 5.41) is 1.80. The van der Waals surface area contributed by atoms with Crippen LogP contribution in [-0.4, -0.2) is 38.1 Å². The number of nitrogens with one attached hydrogen (secondary N) is 1. The van der Waals surface area contributed by atoms with Gasteiger partial charge in [-0.3, -0.25) is 29.1 Å². The Morgan fingerprint density at radius 2 is 1.70 bits per heavy atom. The molecule has 2 amide bonds. The first-order chi connectivity index (χ1) is 15.9. The van der Waals surface area contributed by atoms with E-state index < -0.39 is 29.0 Å². The van der Waals surface area contributed by atoms with Gasteiger partial charge in [0.15, 0.2) is 0 Å². The van der Waals surface area contributed by atoms with Crippen LogP contribution in [0.25, 0.3) is 10.9 Å². The zero-order valence-corrected chi connectivity index (χ0v) is 18.6. The van der Waals surface area contributed by atoms with Crippen LogP contribution < -0.4 is 16.6 Å². The highest BCUT2D eigenvalue weighted by Gasteiger charge is 2.31. The average Bonchev–Trinajstić information content (AvgIpc) is 3.12. The van der Waals surface area contributed by atoms with Crippen molar-refractivity contribution in [3.63, 3.8) is 0 Å². The molecule has 2 aromatic carbocycles. The summed E-state index contributed by atoms with van der Waals surface area (Å²) in [5.74, 6) is -0.953. The van der Waals surface area contributed by atoms with Crippen LogP contribution in [0.5, 0.6) is 0 Å². The number of hydrogen-bond donors (Lipinski definition) is 1. The minimum absolute atomic E-state index is 0.150. The lowest BCUT2D eigenvalue weighted by molar-refractivity contribution is -0.144. The number of ether oxygens (including phenoxy) is 1. The summed E-state index contributed by atoms with van der Waals surface area (Å²) in [6, 6.07) is 14.1. The number of carbonyl (C=O) groups excluding carboxylic acids is 3. The fraction of sp³-hybridized carbons (Fsp3) is 0.261. The quantitative estimate of drug-likeness (QED) is 0.526. The second-order valence-electron chi connectivity index (χ2n) is 7.49. The lowest BCUT2D eigenvalue weighted by atomic mass is 10.1. The highest BCUT2D eigenvalue weighted by atomic mass is 32.2. The van der Waals surface area contributed by atoms with Gasteiger partial charge in [0.1, 0.15) is 6.54 Å². The Morgan fingerprint density at radius 1 is 1.00 bits per heavy atom. The van der Waals surface area contributed by atoms with E-state index in [1.54, 1.807) is 31.2 Å². The first-order valence-electron chi connectivity index (χ1n) is 10.3. The van der Waals surface area contributed by atoms with E-state index in [1.165, 1.54) is 4.57 Å². The SMILES string of the molecule is CCOC(=O)Cn1c(=O)c2ccccc2n(Cc2ccc(CC3SC(=O)NC3=O)cc2)c1=O. The molecule has 33 heavy (non-hydrogen) atoms. The molecule has 0 radical (unpaired) electrons. The van der Waals surface area contributed by atoms with Crippen molar-refractivity contribution in [1.29, 1.82) is 0 Å². The van der Waals surface area contributed by atoms with Gasteiger partial charge in [0, 0.05) is 0 Å². The Hall–Kier alpha value is -3.66. The molecule has 9 nitrogen and oxygen atoms in total. The lowest BCUT2D eigenvalue weighted by Gasteiger charge is -2.14. The van der Waals surface area contributed by atoms with Gasteiger partial charge in [-0.15, -0.1) is 0 Å². The maximum absolute atomic E-state index is 13.2. The molecule has 2 heterocycles. The molecular weight excluding hydrogens is 446 g/mol. The molecule has 4 rings (SSSR count). The monoisotopic (exact) mass is 467 g/mol. The fourth-order valence-electron chi connectivity index (χ4n) is 3.70. The maximum atomic E-state index is 13.2. The molecule has 1 aliphatic heterocycles. The van der Waals surface area contributed by atoms with Gasteiger partial charge in [0.25, 0.3) is 10.8 Å². The van der Waals surface area contributed by atoms with E-state index in [0.717, 1.165) is 27.5 Å². The number of nitrogens with zero attached hydrogens (tertiary/aromatic N) is 2. The Balaban J connectivity index is 1.65. The van der Waals surface area contributed by atoms with E-state index >= 15 is 0 Å². The second-order valence-corrected chi connectivity index (χ2v) is 8.66. The molecule has 1 aromatic heterocycles. The molecule has 1 N–H and O–H groups in total. The van der Waals surface area contributed by atoms with Gasteiger partial charge in [0.2, 0.25) is 5.91 Å². The minimum Gasteiger partial charge on any atom is -0.465 e. The summed E-state index contributed by atoms with van der Waals surface area (Å²) in [6.07, 6.45) is 0.413. The number of esters is 1. The van der Waals surface area contributed by atoms with E-state index in [-0.39, 0.29) is 24.3 Å². The number of thioether (sulfide) groups is 1. The first-order valence-corrected chi connectivity index (χ1v) is 11.2. The van der Waals surface area contributed by atoms with Crippen LogP contribution in [0.2, 0.25) is 0 Å². The topological polar surface area (TPSA) is 116 Å². The van der Waals surface area contributed by atoms with Crippen LogP contribution >= 0.6 is 11.8 Å². The number of aromatic nitrogens is 2. The van der Waals surface area contributed by atoms with Crippen molar-refractivity contribution >= 4 is 39.8 Å². The molecular formula is C23H21N3O6S. The largest absolute Gasteiger partial charge is 0.465 e. The van der Waals surface area contributed by atoms with Gasteiger partial charge in [-0.2, -0.15) is 0 Å². The number of hydrogen-bond acceptors (Lipinski definition) is 7. The molecule has 10 heteroatoms. The molecule has 1 aliphatic rings. The molecule has 0 aliphatic carbocycles. The molecule has 170 valence electrons. The van der Waals surface area contributed by atoms with Gasteiger partial charge < -0.3 is 4.74 Å². The number of para-hydroxylation sites is 1. The van der Waals surface area contributed by atoms with Crippen LogP contribution in [0.4, 0.5) is 4.79 Å². The highest BCUT2D eigenvalue weighted by molar-refractivity contribution is 8.15. The zero-order valence-electron chi connectivity index (χ0n) is 17.8. The molecule has 1 saturated heterocycles. The number of benzene rings is 2. The van der Waals surface area contributed by atoms with E-state index in [1.807, 2.05) is 24.3 Å². The first kappa shape index (κ1) is 22.5. The Labute approximate surface area is 192 Å². The number of imide groups is 1. The third-order valence-corrected chi connectivity index (χ3v) is 6.26. The number of fused-ring (bicyclic) bond motifs is 1. The van der Waals surface area contributed by atoms with Crippen molar-refractivity contribution < 1.29 is 19.1 Å². The molecule has 1 unspecified atom stereocenters. The fourth-order valence-corrected chi connectivity index (χ4v) is 4.56. The van der Waals surface area contributed by atoms with Crippen LogP contribution in [0.1, 0.15) is 18.1 Å². The standard InChI is InChI=1S/C23H21N3O6S/c1-2-32-19(27)13-26-21(29)16-5-3-4-6-17(16)25(23(26)31)12-15-9-7-14(8-10-15)11-18-20(28)24-22(30)33-18/h3-10,18H,2,11-13H2,1H3,(H,24,28,30). The molecule has 0 bridgehead atoms. The van der Waals surface area contributed by atoms with Crippen LogP contribution in [0.3, 0.4) is 0 Å². The van der Waals surface area contributed by atoms with Crippen molar-refractivity contribution in [3.05, 3.63) is 80.5 Å². The minimum atomic E-state index is -0.657. The summed E-state index contributed by atoms with van der Waals surface area (Å²) in [5.41, 5.74) is 0.997. The van der Waals surface area contributed by atoms with Crippen molar-refractivity contribution in [2.75, 3.05) is 6.61 Å². The lowest BCUT2D eigenvalue weighted by Crippen LogP contribution is -2.42. The molecule has 0 spiro atoms. The number of carbonyl (C=O) groups is 3. The predicted octanol–water partition coefficient (Wildman–Crippen LogP) is 1.67. The summed E-state index contributed by atoms with van der Waals surface area (Å²) in [6.45, 7) is 1.52. The average molecular weight is 468 g/mol. The number of rotatable bonds is 7. The molecule has 1 fully saturated rings. The van der Waals surface area contributed by atoms with Gasteiger partial charge >= 0.3 is 11.7 Å². The van der Waals surface area contributed by atoms with Crippen molar-refractivity contribution in [1.82, 2.24) is 14.5 Å². The molecule has 1 atom stereocenters. The highest BCUT2D eigenvalue weighted by Crippen LogP contribution is 2.23. The van der Waals surface area contributed by atoms with E-state index in [0.29, 0.717) is 17.3 Å².